The predicted molar refractivity (Wildman–Crippen MR) is 126 cm³/mol. The fourth-order valence-electron chi connectivity index (χ4n) is 3.93. The summed E-state index contributed by atoms with van der Waals surface area (Å²) in [5.74, 6) is 1.77. The molecule has 0 bridgehead atoms. The summed E-state index contributed by atoms with van der Waals surface area (Å²) in [5, 5.41) is 8.65. The van der Waals surface area contributed by atoms with Gasteiger partial charge < -0.3 is 35.1 Å². The maximum Gasteiger partial charge on any atom is 0.322 e. The minimum absolute atomic E-state index is 0.00190. The first-order valence-electron chi connectivity index (χ1n) is 10.9. The molecular weight excluding hydrogens is 424 g/mol. The number of nitrogens with zero attached hydrogens (tertiary/aromatic N) is 1. The summed E-state index contributed by atoms with van der Waals surface area (Å²) in [6, 6.07) is 10.1. The van der Waals surface area contributed by atoms with Crippen LogP contribution in [0.5, 0.6) is 17.2 Å². The van der Waals surface area contributed by atoms with Crippen molar-refractivity contribution in [1.29, 1.82) is 0 Å². The average molecular weight is 457 g/mol. The number of nitrogens with one attached hydrogen (secondary N) is 3. The van der Waals surface area contributed by atoms with Crippen molar-refractivity contribution in [2.24, 2.45) is 0 Å². The van der Waals surface area contributed by atoms with Crippen molar-refractivity contribution in [1.82, 2.24) is 15.5 Å². The van der Waals surface area contributed by atoms with E-state index in [0.717, 1.165) is 11.1 Å². The highest BCUT2D eigenvalue weighted by atomic mass is 16.5. The van der Waals surface area contributed by atoms with Crippen molar-refractivity contribution in [2.75, 3.05) is 39.7 Å². The van der Waals surface area contributed by atoms with Gasteiger partial charge in [0.25, 0.3) is 0 Å². The Morgan fingerprint density at radius 1 is 1.03 bits per heavy atom. The number of benzene rings is 2. The Bertz CT molecular complexity index is 995. The van der Waals surface area contributed by atoms with Crippen LogP contribution in [0.2, 0.25) is 0 Å². The van der Waals surface area contributed by atoms with Gasteiger partial charge in [0.2, 0.25) is 0 Å². The quantitative estimate of drug-likeness (QED) is 0.592. The molecule has 0 unspecified atom stereocenters. The highest BCUT2D eigenvalue weighted by Crippen LogP contribution is 2.38. The molecular formula is C24H32N4O5. The van der Waals surface area contributed by atoms with Crippen LogP contribution in [0.1, 0.15) is 31.0 Å². The number of fused-ring (bicyclic) bond motifs is 1. The van der Waals surface area contributed by atoms with Crippen molar-refractivity contribution < 1.29 is 23.8 Å². The van der Waals surface area contributed by atoms with E-state index in [1.165, 1.54) is 0 Å². The molecule has 4 amide bonds. The number of hydrogen-bond donors (Lipinski definition) is 3. The van der Waals surface area contributed by atoms with Gasteiger partial charge in [-0.1, -0.05) is 12.1 Å². The summed E-state index contributed by atoms with van der Waals surface area (Å²) >= 11 is 0. The van der Waals surface area contributed by atoms with Gasteiger partial charge in [-0.05, 0) is 55.7 Å². The van der Waals surface area contributed by atoms with Crippen LogP contribution in [0.15, 0.2) is 36.4 Å². The highest BCUT2D eigenvalue weighted by molar-refractivity contribution is 5.91. The van der Waals surface area contributed by atoms with Crippen molar-refractivity contribution in [3.05, 3.63) is 47.5 Å². The average Bonchev–Trinajstić information content (AvgIpc) is 2.81. The zero-order chi connectivity index (χ0) is 24.0. The Hall–Kier alpha value is -3.62. The first-order chi connectivity index (χ1) is 15.9. The van der Waals surface area contributed by atoms with E-state index in [1.807, 2.05) is 38.1 Å². The molecule has 1 heterocycles. The SMILES string of the molecule is COc1ccccc1NC(=O)N1CCc2cc(OC)c(OC)cc2[C@@H]1CNC(=O)NC(C)C. The van der Waals surface area contributed by atoms with E-state index < -0.39 is 6.04 Å². The molecule has 0 saturated heterocycles. The molecule has 178 valence electrons. The summed E-state index contributed by atoms with van der Waals surface area (Å²) in [6.07, 6.45) is 0.643. The van der Waals surface area contributed by atoms with Crippen molar-refractivity contribution in [3.63, 3.8) is 0 Å². The highest BCUT2D eigenvalue weighted by Gasteiger charge is 2.33. The van der Waals surface area contributed by atoms with Gasteiger partial charge in [0.05, 0.1) is 33.1 Å². The molecule has 0 spiro atoms. The summed E-state index contributed by atoms with van der Waals surface area (Å²) in [4.78, 5) is 27.3. The Morgan fingerprint density at radius 2 is 1.70 bits per heavy atom. The first kappa shape index (κ1) is 24.0. The number of carbonyl (C=O) groups excluding carboxylic acids is 2. The molecule has 0 aromatic heterocycles. The lowest BCUT2D eigenvalue weighted by molar-refractivity contribution is 0.179. The van der Waals surface area contributed by atoms with E-state index in [1.54, 1.807) is 38.4 Å². The molecule has 0 aliphatic carbocycles. The summed E-state index contributed by atoms with van der Waals surface area (Å²) in [6.45, 7) is 4.49. The van der Waals surface area contributed by atoms with Crippen LogP contribution < -0.4 is 30.2 Å². The Labute approximate surface area is 194 Å². The van der Waals surface area contributed by atoms with Crippen molar-refractivity contribution >= 4 is 17.7 Å². The number of urea groups is 2. The third-order valence-electron chi connectivity index (χ3n) is 5.49. The molecule has 3 rings (SSSR count). The number of carbonyl (C=O) groups is 2. The van der Waals surface area contributed by atoms with Crippen LogP contribution in [-0.2, 0) is 6.42 Å². The number of para-hydroxylation sites is 2. The molecule has 0 radical (unpaired) electrons. The van der Waals surface area contributed by atoms with Gasteiger partial charge >= 0.3 is 12.1 Å². The van der Waals surface area contributed by atoms with Crippen LogP contribution in [0.4, 0.5) is 15.3 Å². The molecule has 0 fully saturated rings. The maximum atomic E-state index is 13.3. The van der Waals surface area contributed by atoms with Crippen LogP contribution >= 0.6 is 0 Å². The van der Waals surface area contributed by atoms with Crippen LogP contribution in [-0.4, -0.2) is 57.4 Å². The number of anilines is 1. The van der Waals surface area contributed by atoms with Crippen molar-refractivity contribution in [2.45, 2.75) is 32.4 Å². The lowest BCUT2D eigenvalue weighted by Crippen LogP contribution is -2.49. The molecule has 9 nitrogen and oxygen atoms in total. The first-order valence-corrected chi connectivity index (χ1v) is 10.9. The molecule has 1 aliphatic heterocycles. The largest absolute Gasteiger partial charge is 0.495 e. The number of hydrogen-bond acceptors (Lipinski definition) is 5. The van der Waals surface area contributed by atoms with E-state index in [2.05, 4.69) is 16.0 Å². The second kappa shape index (κ2) is 10.8. The van der Waals surface area contributed by atoms with E-state index in [4.69, 9.17) is 14.2 Å². The maximum absolute atomic E-state index is 13.3. The second-order valence-electron chi connectivity index (χ2n) is 8.00. The topological polar surface area (TPSA) is 101 Å². The number of rotatable bonds is 7. The summed E-state index contributed by atoms with van der Waals surface area (Å²) in [5.41, 5.74) is 2.52. The third-order valence-corrected chi connectivity index (χ3v) is 5.49. The number of methoxy groups -OCH3 is 3. The van der Waals surface area contributed by atoms with E-state index in [-0.39, 0.29) is 24.6 Å². The standard InChI is InChI=1S/C24H32N4O5/c1-15(2)26-23(29)25-14-19-17-13-22(33-5)21(32-4)12-16(17)10-11-28(19)24(30)27-18-8-6-7-9-20(18)31-3/h6-9,12-13,15,19H,10-11,14H2,1-5H3,(H,27,30)(H2,25,26,29)/t19-/m0/s1. The Kier molecular flexibility index (Phi) is 7.87. The fourth-order valence-corrected chi connectivity index (χ4v) is 3.93. The molecule has 33 heavy (non-hydrogen) atoms. The van der Waals surface area contributed by atoms with Gasteiger partial charge in [0, 0.05) is 19.1 Å². The minimum atomic E-state index is -0.402. The van der Waals surface area contributed by atoms with E-state index >= 15 is 0 Å². The molecule has 0 saturated carbocycles. The van der Waals surface area contributed by atoms with Gasteiger partial charge in [-0.15, -0.1) is 0 Å². The minimum Gasteiger partial charge on any atom is -0.495 e. The zero-order valence-electron chi connectivity index (χ0n) is 19.7. The van der Waals surface area contributed by atoms with Gasteiger partial charge in [-0.3, -0.25) is 0 Å². The smallest absolute Gasteiger partial charge is 0.322 e. The Balaban J connectivity index is 1.91. The summed E-state index contributed by atoms with van der Waals surface area (Å²) < 4.78 is 16.3. The predicted octanol–water partition coefficient (Wildman–Crippen LogP) is 3.55. The number of amides is 4. The number of ether oxygens (including phenoxy) is 3. The summed E-state index contributed by atoms with van der Waals surface area (Å²) in [7, 11) is 4.72. The molecule has 1 atom stereocenters. The lowest BCUT2D eigenvalue weighted by atomic mass is 9.92. The van der Waals surface area contributed by atoms with Gasteiger partial charge in [-0.25, -0.2) is 9.59 Å². The van der Waals surface area contributed by atoms with Crippen LogP contribution in [0.3, 0.4) is 0 Å². The lowest BCUT2D eigenvalue weighted by Gasteiger charge is -2.38. The molecule has 1 aliphatic rings. The van der Waals surface area contributed by atoms with Crippen LogP contribution in [0.25, 0.3) is 0 Å². The molecule has 2 aromatic carbocycles. The van der Waals surface area contributed by atoms with Gasteiger partial charge in [0.1, 0.15) is 5.75 Å². The molecule has 3 N–H and O–H groups in total. The van der Waals surface area contributed by atoms with Gasteiger partial charge in [-0.2, -0.15) is 0 Å². The Morgan fingerprint density at radius 3 is 2.36 bits per heavy atom. The monoisotopic (exact) mass is 456 g/mol. The van der Waals surface area contributed by atoms with Crippen molar-refractivity contribution in [3.8, 4) is 17.2 Å². The second-order valence-corrected chi connectivity index (χ2v) is 8.00. The van der Waals surface area contributed by atoms with Crippen LogP contribution in [0, 0.1) is 0 Å². The van der Waals surface area contributed by atoms with Gasteiger partial charge in [0.15, 0.2) is 11.5 Å². The normalized spacial score (nSPS) is 14.8. The zero-order valence-corrected chi connectivity index (χ0v) is 19.7. The third kappa shape index (κ3) is 5.60. The molecule has 9 heteroatoms. The fraction of sp³-hybridized carbons (Fsp3) is 0.417. The van der Waals surface area contributed by atoms with E-state index in [9.17, 15) is 9.59 Å². The molecule has 2 aromatic rings. The van der Waals surface area contributed by atoms with E-state index in [0.29, 0.717) is 35.9 Å².